The van der Waals surface area contributed by atoms with Crippen LogP contribution in [-0.4, -0.2) is 16.4 Å². The number of hydrogen-bond acceptors (Lipinski definition) is 4. The van der Waals surface area contributed by atoms with Gasteiger partial charge in [-0.25, -0.2) is 4.98 Å². The lowest BCUT2D eigenvalue weighted by molar-refractivity contribution is -0.122. The zero-order chi connectivity index (χ0) is 10.7. The first-order valence-electron chi connectivity index (χ1n) is 5.20. The molecule has 15 heavy (non-hydrogen) atoms. The van der Waals surface area contributed by atoms with Crippen LogP contribution in [0.5, 0.6) is 0 Å². The Morgan fingerprint density at radius 3 is 2.80 bits per heavy atom. The Balaban J connectivity index is 2.00. The number of amides is 1. The van der Waals surface area contributed by atoms with E-state index in [0.29, 0.717) is 5.13 Å². The van der Waals surface area contributed by atoms with Crippen molar-refractivity contribution in [2.45, 2.75) is 37.6 Å². The molecule has 5 heteroatoms. The first-order valence-corrected chi connectivity index (χ1v) is 6.08. The van der Waals surface area contributed by atoms with Crippen molar-refractivity contribution < 1.29 is 4.79 Å². The number of nitrogens with zero attached hydrogens (tertiary/aromatic N) is 1. The van der Waals surface area contributed by atoms with E-state index in [1.165, 1.54) is 17.8 Å². The molecule has 1 aliphatic carbocycles. The highest BCUT2D eigenvalue weighted by Crippen LogP contribution is 2.27. The molecule has 82 valence electrons. The van der Waals surface area contributed by atoms with E-state index in [-0.39, 0.29) is 5.91 Å². The first kappa shape index (κ1) is 10.6. The highest BCUT2D eigenvalue weighted by atomic mass is 32.1. The van der Waals surface area contributed by atoms with E-state index in [1.54, 1.807) is 6.20 Å². The molecule has 0 radical (unpaired) electrons. The summed E-state index contributed by atoms with van der Waals surface area (Å²) >= 11 is 1.42. The van der Waals surface area contributed by atoms with Crippen LogP contribution in [0.2, 0.25) is 0 Å². The molecule has 0 saturated heterocycles. The van der Waals surface area contributed by atoms with Gasteiger partial charge in [0.25, 0.3) is 0 Å². The zero-order valence-electron chi connectivity index (χ0n) is 8.53. The van der Waals surface area contributed by atoms with Crippen molar-refractivity contribution in [2.75, 3.05) is 5.32 Å². The molecule has 1 aliphatic rings. The van der Waals surface area contributed by atoms with Crippen LogP contribution in [0.15, 0.2) is 11.6 Å². The number of rotatable bonds is 2. The summed E-state index contributed by atoms with van der Waals surface area (Å²) in [5.74, 6) is -0.0860. The van der Waals surface area contributed by atoms with Crippen LogP contribution in [0.1, 0.15) is 32.1 Å². The van der Waals surface area contributed by atoms with Gasteiger partial charge in [0.1, 0.15) is 0 Å². The minimum absolute atomic E-state index is 0.0860. The van der Waals surface area contributed by atoms with Crippen molar-refractivity contribution >= 4 is 22.4 Å². The molecule has 0 aromatic carbocycles. The number of aromatic nitrogens is 1. The van der Waals surface area contributed by atoms with Crippen molar-refractivity contribution in [1.82, 2.24) is 4.98 Å². The van der Waals surface area contributed by atoms with Gasteiger partial charge >= 0.3 is 0 Å². The Bertz CT molecular complexity index is 330. The topological polar surface area (TPSA) is 68.0 Å². The molecule has 4 nitrogen and oxygen atoms in total. The molecule has 1 aromatic rings. The Morgan fingerprint density at radius 1 is 1.47 bits per heavy atom. The lowest BCUT2D eigenvalue weighted by Crippen LogP contribution is -2.52. The molecule has 0 atom stereocenters. The standard InChI is InChI=1S/C10H15N3OS/c11-10(4-2-1-3-5-10)8(14)13-9-12-6-7-15-9/h6-7H,1-5,11H2,(H,12,13,14). The molecule has 1 saturated carbocycles. The van der Waals surface area contributed by atoms with E-state index in [4.69, 9.17) is 5.73 Å². The van der Waals surface area contributed by atoms with Gasteiger partial charge in [-0.1, -0.05) is 19.3 Å². The summed E-state index contributed by atoms with van der Waals surface area (Å²) in [7, 11) is 0. The van der Waals surface area contributed by atoms with Gasteiger partial charge in [0.05, 0.1) is 5.54 Å². The zero-order valence-corrected chi connectivity index (χ0v) is 9.35. The molecular weight excluding hydrogens is 210 g/mol. The predicted octanol–water partition coefficient (Wildman–Crippen LogP) is 1.74. The van der Waals surface area contributed by atoms with Crippen molar-refractivity contribution in [1.29, 1.82) is 0 Å². The number of nitrogens with two attached hydrogens (primary N) is 1. The van der Waals surface area contributed by atoms with Crippen LogP contribution in [0.25, 0.3) is 0 Å². The molecule has 1 amide bonds. The Kier molecular flexibility index (Phi) is 3.02. The number of hydrogen-bond donors (Lipinski definition) is 2. The summed E-state index contributed by atoms with van der Waals surface area (Å²) in [4.78, 5) is 15.9. The Morgan fingerprint density at radius 2 is 2.20 bits per heavy atom. The maximum absolute atomic E-state index is 11.9. The molecule has 0 aliphatic heterocycles. The molecule has 3 N–H and O–H groups in total. The Labute approximate surface area is 92.9 Å². The number of thiazole rings is 1. The second kappa shape index (κ2) is 4.28. The quantitative estimate of drug-likeness (QED) is 0.805. The first-order chi connectivity index (χ1) is 7.21. The van der Waals surface area contributed by atoms with E-state index >= 15 is 0 Å². The van der Waals surface area contributed by atoms with Gasteiger partial charge in [-0.05, 0) is 12.8 Å². The van der Waals surface area contributed by atoms with Crippen molar-refractivity contribution in [3.63, 3.8) is 0 Å². The number of carbonyl (C=O) groups excluding carboxylic acids is 1. The van der Waals surface area contributed by atoms with Gasteiger partial charge in [-0.3, -0.25) is 4.79 Å². The third kappa shape index (κ3) is 2.35. The normalized spacial score (nSPS) is 19.8. The third-order valence-corrected chi connectivity index (χ3v) is 3.54. The largest absolute Gasteiger partial charge is 0.317 e. The van der Waals surface area contributed by atoms with E-state index in [9.17, 15) is 4.79 Å². The molecular formula is C10H15N3OS. The third-order valence-electron chi connectivity index (χ3n) is 2.85. The average Bonchev–Trinajstić information content (AvgIpc) is 2.71. The van der Waals surface area contributed by atoms with Crippen LogP contribution in [0.3, 0.4) is 0 Å². The van der Waals surface area contributed by atoms with Crippen LogP contribution < -0.4 is 11.1 Å². The second-order valence-electron chi connectivity index (χ2n) is 4.01. The number of anilines is 1. The van der Waals surface area contributed by atoms with Crippen LogP contribution in [0, 0.1) is 0 Å². The van der Waals surface area contributed by atoms with Gasteiger partial charge < -0.3 is 11.1 Å². The highest BCUT2D eigenvalue weighted by molar-refractivity contribution is 7.13. The number of nitrogens with one attached hydrogen (secondary N) is 1. The lowest BCUT2D eigenvalue weighted by atomic mass is 9.82. The summed E-state index contributed by atoms with van der Waals surface area (Å²) in [5.41, 5.74) is 5.41. The van der Waals surface area contributed by atoms with Gasteiger partial charge in [0.2, 0.25) is 5.91 Å². The fourth-order valence-electron chi connectivity index (χ4n) is 1.92. The van der Waals surface area contributed by atoms with Crippen LogP contribution in [-0.2, 0) is 4.79 Å². The van der Waals surface area contributed by atoms with E-state index < -0.39 is 5.54 Å². The minimum atomic E-state index is -0.677. The van der Waals surface area contributed by atoms with Crippen LogP contribution >= 0.6 is 11.3 Å². The summed E-state index contributed by atoms with van der Waals surface area (Å²) in [5, 5.41) is 5.24. The molecule has 0 spiro atoms. The van der Waals surface area contributed by atoms with Crippen molar-refractivity contribution in [2.24, 2.45) is 5.73 Å². The summed E-state index contributed by atoms with van der Waals surface area (Å²) < 4.78 is 0. The summed E-state index contributed by atoms with van der Waals surface area (Å²) in [6, 6.07) is 0. The number of carbonyl (C=O) groups is 1. The maximum Gasteiger partial charge on any atom is 0.246 e. The molecule has 1 heterocycles. The van der Waals surface area contributed by atoms with E-state index in [2.05, 4.69) is 10.3 Å². The lowest BCUT2D eigenvalue weighted by Gasteiger charge is -2.31. The minimum Gasteiger partial charge on any atom is -0.317 e. The molecule has 0 unspecified atom stereocenters. The highest BCUT2D eigenvalue weighted by Gasteiger charge is 2.35. The molecule has 1 aromatic heterocycles. The van der Waals surface area contributed by atoms with Gasteiger partial charge in [0, 0.05) is 11.6 Å². The Hall–Kier alpha value is -0.940. The summed E-state index contributed by atoms with van der Waals surface area (Å²) in [6.45, 7) is 0. The maximum atomic E-state index is 11.9. The van der Waals surface area contributed by atoms with Crippen molar-refractivity contribution in [3.8, 4) is 0 Å². The molecule has 0 bridgehead atoms. The predicted molar refractivity (Wildman–Crippen MR) is 60.7 cm³/mol. The van der Waals surface area contributed by atoms with Gasteiger partial charge in [-0.2, -0.15) is 0 Å². The molecule has 1 fully saturated rings. The van der Waals surface area contributed by atoms with Crippen molar-refractivity contribution in [3.05, 3.63) is 11.6 Å². The fraction of sp³-hybridized carbons (Fsp3) is 0.600. The van der Waals surface area contributed by atoms with E-state index in [1.807, 2.05) is 5.38 Å². The average molecular weight is 225 g/mol. The summed E-state index contributed by atoms with van der Waals surface area (Å²) in [6.07, 6.45) is 6.51. The second-order valence-corrected chi connectivity index (χ2v) is 4.90. The van der Waals surface area contributed by atoms with Gasteiger partial charge in [0.15, 0.2) is 5.13 Å². The molecule has 2 rings (SSSR count). The van der Waals surface area contributed by atoms with E-state index in [0.717, 1.165) is 25.7 Å². The smallest absolute Gasteiger partial charge is 0.246 e. The van der Waals surface area contributed by atoms with Gasteiger partial charge in [-0.15, -0.1) is 11.3 Å². The monoisotopic (exact) mass is 225 g/mol. The SMILES string of the molecule is NC1(C(=O)Nc2nccs2)CCCCC1. The fourth-order valence-corrected chi connectivity index (χ4v) is 2.44. The van der Waals surface area contributed by atoms with Crippen LogP contribution in [0.4, 0.5) is 5.13 Å².